The summed E-state index contributed by atoms with van der Waals surface area (Å²) in [5.41, 5.74) is 4.96. The smallest absolute Gasteiger partial charge is 0.269 e. The molecule has 0 bridgehead atoms. The van der Waals surface area contributed by atoms with Crippen LogP contribution in [0.2, 0.25) is 0 Å². The minimum absolute atomic E-state index is 0.0741. The number of nitrogens with one attached hydrogen (secondary N) is 2. The Kier molecular flexibility index (Phi) is 4.22. The van der Waals surface area contributed by atoms with E-state index in [-0.39, 0.29) is 11.6 Å². The molecule has 2 rings (SSSR count). The molecule has 0 radical (unpaired) electrons. The van der Waals surface area contributed by atoms with Crippen LogP contribution < -0.4 is 15.6 Å². The summed E-state index contributed by atoms with van der Waals surface area (Å²) in [4.78, 5) is 19.4. The van der Waals surface area contributed by atoms with E-state index in [1.54, 1.807) is 12.1 Å². The Morgan fingerprint density at radius 2 is 1.88 bits per heavy atom. The van der Waals surface area contributed by atoms with Crippen LogP contribution in [0.25, 0.3) is 0 Å². The average Bonchev–Trinajstić information content (AvgIpc) is 2.27. The van der Waals surface area contributed by atoms with E-state index in [4.69, 9.17) is 4.74 Å². The zero-order valence-electron chi connectivity index (χ0n) is 8.60. The van der Waals surface area contributed by atoms with Crippen molar-refractivity contribution in [3.8, 4) is 5.75 Å². The molecule has 0 saturated carbocycles. The number of methoxy groups -OCH3 is 1. The van der Waals surface area contributed by atoms with Gasteiger partial charge in [-0.05, 0) is 12.1 Å². The third kappa shape index (κ3) is 3.54. The molecule has 7 heteroatoms. The molecule has 1 aliphatic rings. The Hall–Kier alpha value is -2.15. The van der Waals surface area contributed by atoms with Gasteiger partial charge in [-0.3, -0.25) is 20.3 Å². The lowest BCUT2D eigenvalue weighted by Gasteiger charge is -2.12. The molecule has 1 fully saturated rings. The van der Waals surface area contributed by atoms with Gasteiger partial charge in [0.25, 0.3) is 5.69 Å². The second kappa shape index (κ2) is 5.66. The number of hydrazine groups is 1. The predicted octanol–water partition coefficient (Wildman–Crippen LogP) is 0.224. The van der Waals surface area contributed by atoms with E-state index >= 15 is 0 Å². The van der Waals surface area contributed by atoms with Gasteiger partial charge in [-0.2, -0.15) is 0 Å². The maximum absolute atomic E-state index is 10.2. The van der Waals surface area contributed by atoms with Crippen molar-refractivity contribution in [2.24, 2.45) is 0 Å². The molecule has 16 heavy (non-hydrogen) atoms. The third-order valence-corrected chi connectivity index (χ3v) is 1.76. The lowest BCUT2D eigenvalue weighted by molar-refractivity contribution is -0.384. The number of amides is 1. The Morgan fingerprint density at radius 3 is 2.12 bits per heavy atom. The molecule has 0 spiro atoms. The third-order valence-electron chi connectivity index (χ3n) is 1.76. The van der Waals surface area contributed by atoms with Gasteiger partial charge in [0.1, 0.15) is 5.75 Å². The summed E-state index contributed by atoms with van der Waals surface area (Å²) in [5.74, 6) is 0.695. The van der Waals surface area contributed by atoms with E-state index in [1.165, 1.54) is 19.2 Å². The summed E-state index contributed by atoms with van der Waals surface area (Å²) in [6.45, 7) is 0.486. The summed E-state index contributed by atoms with van der Waals surface area (Å²) in [7, 11) is 1.52. The van der Waals surface area contributed by atoms with Crippen molar-refractivity contribution in [3.63, 3.8) is 0 Å². The van der Waals surface area contributed by atoms with E-state index in [0.29, 0.717) is 12.3 Å². The maximum Gasteiger partial charge on any atom is 0.269 e. The van der Waals surface area contributed by atoms with E-state index in [9.17, 15) is 14.9 Å². The molecule has 1 aliphatic heterocycles. The molecule has 0 unspecified atom stereocenters. The molecule has 1 saturated heterocycles. The van der Waals surface area contributed by atoms with Crippen molar-refractivity contribution < 1.29 is 14.5 Å². The molecule has 1 aromatic carbocycles. The van der Waals surface area contributed by atoms with Gasteiger partial charge in [0.15, 0.2) is 0 Å². The van der Waals surface area contributed by atoms with Gasteiger partial charge in [-0.25, -0.2) is 5.43 Å². The number of nitrogens with zero attached hydrogens (tertiary/aromatic N) is 1. The number of carbonyl (C=O) groups excluding carboxylic acids is 1. The number of nitro benzene ring substituents is 1. The Balaban J connectivity index is 0.000000212. The Labute approximate surface area is 91.5 Å². The molecule has 86 valence electrons. The van der Waals surface area contributed by atoms with Crippen LogP contribution in [0.3, 0.4) is 0 Å². The second-order valence-electron chi connectivity index (χ2n) is 2.86. The molecule has 1 heterocycles. The number of hydrogen-bond donors (Lipinski definition) is 2. The van der Waals surface area contributed by atoms with Gasteiger partial charge >= 0.3 is 0 Å². The van der Waals surface area contributed by atoms with Gasteiger partial charge < -0.3 is 4.74 Å². The average molecular weight is 225 g/mol. The normalized spacial score (nSPS) is 12.7. The van der Waals surface area contributed by atoms with Crippen molar-refractivity contribution in [3.05, 3.63) is 34.4 Å². The molecule has 1 amide bonds. The largest absolute Gasteiger partial charge is 0.497 e. The van der Waals surface area contributed by atoms with Crippen LogP contribution in [0.4, 0.5) is 5.69 Å². The lowest BCUT2D eigenvalue weighted by atomic mass is 10.3. The van der Waals surface area contributed by atoms with Crippen molar-refractivity contribution in [1.82, 2.24) is 10.9 Å². The zero-order chi connectivity index (χ0) is 12.0. The van der Waals surface area contributed by atoms with Crippen LogP contribution >= 0.6 is 0 Å². The highest BCUT2D eigenvalue weighted by Gasteiger charge is 2.06. The molecule has 7 nitrogen and oxygen atoms in total. The SMILES string of the molecule is COc1ccc([N+](=O)[O-])cc1.O=C1CNN1. The first-order valence-electron chi connectivity index (χ1n) is 4.43. The van der Waals surface area contributed by atoms with E-state index in [2.05, 4.69) is 10.9 Å². The standard InChI is InChI=1S/C7H7NO3.C2H4N2O/c1-11-7-4-2-6(3-5-7)8(9)10;5-2-1-3-4-2/h2-5H,1H3;3H,1H2,(H,4,5). The maximum atomic E-state index is 10.2. The summed E-state index contributed by atoms with van der Waals surface area (Å²) >= 11 is 0. The Morgan fingerprint density at radius 1 is 1.38 bits per heavy atom. The molecule has 0 aromatic heterocycles. The quantitative estimate of drug-likeness (QED) is 0.555. The van der Waals surface area contributed by atoms with Gasteiger partial charge in [0.2, 0.25) is 5.91 Å². The highest BCUT2D eigenvalue weighted by molar-refractivity contribution is 5.81. The number of hydrogen-bond acceptors (Lipinski definition) is 5. The molecular formula is C9H11N3O4. The highest BCUT2D eigenvalue weighted by atomic mass is 16.6. The van der Waals surface area contributed by atoms with Crippen LogP contribution in [0.1, 0.15) is 0 Å². The number of rotatable bonds is 2. The van der Waals surface area contributed by atoms with Crippen molar-refractivity contribution in [1.29, 1.82) is 0 Å². The molecule has 1 aromatic rings. The number of benzene rings is 1. The van der Waals surface area contributed by atoms with Crippen molar-refractivity contribution in [2.45, 2.75) is 0 Å². The zero-order valence-corrected chi connectivity index (χ0v) is 8.60. The fourth-order valence-corrected chi connectivity index (χ4v) is 0.864. The van der Waals surface area contributed by atoms with Gasteiger partial charge in [0.05, 0.1) is 18.6 Å². The summed E-state index contributed by atoms with van der Waals surface area (Å²) in [6, 6.07) is 5.91. The van der Waals surface area contributed by atoms with E-state index < -0.39 is 4.92 Å². The second-order valence-corrected chi connectivity index (χ2v) is 2.86. The lowest BCUT2D eigenvalue weighted by Crippen LogP contribution is -2.55. The number of carbonyl (C=O) groups is 1. The van der Waals surface area contributed by atoms with Crippen molar-refractivity contribution >= 4 is 11.6 Å². The minimum atomic E-state index is -0.445. The monoisotopic (exact) mass is 225 g/mol. The van der Waals surface area contributed by atoms with Crippen LogP contribution in [-0.2, 0) is 4.79 Å². The summed E-state index contributed by atoms with van der Waals surface area (Å²) in [6.07, 6.45) is 0. The first-order chi connectivity index (χ1) is 7.63. The van der Waals surface area contributed by atoms with E-state index in [1.807, 2.05) is 0 Å². The van der Waals surface area contributed by atoms with Crippen molar-refractivity contribution in [2.75, 3.05) is 13.7 Å². The molecule has 0 aliphatic carbocycles. The van der Waals surface area contributed by atoms with Gasteiger partial charge in [-0.15, -0.1) is 0 Å². The first-order valence-corrected chi connectivity index (χ1v) is 4.43. The topological polar surface area (TPSA) is 93.5 Å². The highest BCUT2D eigenvalue weighted by Crippen LogP contribution is 2.16. The predicted molar refractivity (Wildman–Crippen MR) is 55.8 cm³/mol. The molecule has 2 N–H and O–H groups in total. The minimum Gasteiger partial charge on any atom is -0.497 e. The summed E-state index contributed by atoms with van der Waals surface area (Å²) < 4.78 is 4.83. The van der Waals surface area contributed by atoms with Crippen LogP contribution in [0, 0.1) is 10.1 Å². The number of nitro groups is 1. The fraction of sp³-hybridized carbons (Fsp3) is 0.222. The van der Waals surface area contributed by atoms with Crippen LogP contribution in [0.5, 0.6) is 5.75 Å². The first kappa shape index (κ1) is 11.9. The van der Waals surface area contributed by atoms with Gasteiger partial charge in [-0.1, -0.05) is 0 Å². The van der Waals surface area contributed by atoms with E-state index in [0.717, 1.165) is 0 Å². The number of non-ortho nitro benzene ring substituents is 1. The van der Waals surface area contributed by atoms with Gasteiger partial charge in [0, 0.05) is 12.1 Å². The fourth-order valence-electron chi connectivity index (χ4n) is 0.864. The summed E-state index contributed by atoms with van der Waals surface area (Å²) in [5, 5.41) is 10.2. The van der Waals surface area contributed by atoms with Crippen LogP contribution in [0.15, 0.2) is 24.3 Å². The number of ether oxygens (including phenoxy) is 1. The Bertz CT molecular complexity index is 371. The molecular weight excluding hydrogens is 214 g/mol. The van der Waals surface area contributed by atoms with Crippen LogP contribution in [-0.4, -0.2) is 24.5 Å². The molecule has 0 atom stereocenters.